The van der Waals surface area contributed by atoms with Crippen molar-refractivity contribution in [3.8, 4) is 5.75 Å². The van der Waals surface area contributed by atoms with E-state index in [-0.39, 0.29) is 36.6 Å². The molecule has 5 nitrogen and oxygen atoms in total. The number of hydrogen-bond donors (Lipinski definition) is 1. The van der Waals surface area contributed by atoms with Gasteiger partial charge in [-0.2, -0.15) is 0 Å². The van der Waals surface area contributed by atoms with Crippen LogP contribution in [-0.4, -0.2) is 41.7 Å². The van der Waals surface area contributed by atoms with Gasteiger partial charge < -0.3 is 14.5 Å². The summed E-state index contributed by atoms with van der Waals surface area (Å²) in [6.07, 6.45) is 3.91. The largest absolute Gasteiger partial charge is 0.497 e. The Morgan fingerprint density at radius 1 is 1.52 bits per heavy atom. The molecule has 1 aromatic heterocycles. The Kier molecular flexibility index (Phi) is 3.63. The van der Waals surface area contributed by atoms with Crippen LogP contribution in [0.5, 0.6) is 5.75 Å². The van der Waals surface area contributed by atoms with E-state index < -0.39 is 0 Å². The standard InChI is InChI=1S/C19H20N2O3.ClH/c1-3-8-24-18(22)17-16-15(13-10-19(13)6-7-21(17)19)12-9-11(23-2)4-5-14(12)20-16;/h3-5,9,13,17,20H,1,6-8,10H2,2H3;1H. The van der Waals surface area contributed by atoms with E-state index in [2.05, 4.69) is 22.5 Å². The fraction of sp³-hybridized carbons (Fsp3) is 0.421. The molecule has 0 amide bonds. The minimum atomic E-state index is -0.328. The summed E-state index contributed by atoms with van der Waals surface area (Å²) in [4.78, 5) is 18.5. The van der Waals surface area contributed by atoms with Gasteiger partial charge in [0.25, 0.3) is 0 Å². The number of rotatable bonds is 4. The molecule has 25 heavy (non-hydrogen) atoms. The summed E-state index contributed by atoms with van der Waals surface area (Å²) in [5, 5.41) is 1.18. The fourth-order valence-electron chi connectivity index (χ4n) is 4.72. The Bertz CT molecular complexity index is 877. The lowest BCUT2D eigenvalue weighted by atomic mass is 9.84. The average Bonchev–Trinajstić information content (AvgIpc) is 3.25. The maximum Gasteiger partial charge on any atom is 0.329 e. The first-order valence-electron chi connectivity index (χ1n) is 8.43. The summed E-state index contributed by atoms with van der Waals surface area (Å²) < 4.78 is 10.8. The number of methoxy groups -OCH3 is 1. The minimum absolute atomic E-state index is 0. The van der Waals surface area contributed by atoms with Crippen molar-refractivity contribution in [2.45, 2.75) is 30.3 Å². The quantitative estimate of drug-likeness (QED) is 0.671. The number of H-pyrrole nitrogens is 1. The van der Waals surface area contributed by atoms with Gasteiger partial charge in [0.2, 0.25) is 0 Å². The Labute approximate surface area is 152 Å². The van der Waals surface area contributed by atoms with Crippen LogP contribution in [0, 0.1) is 0 Å². The Morgan fingerprint density at radius 2 is 2.36 bits per heavy atom. The lowest BCUT2D eigenvalue weighted by molar-refractivity contribution is -0.155. The molecular formula is C19H21ClN2O3. The molecule has 2 fully saturated rings. The Morgan fingerprint density at radius 3 is 3.04 bits per heavy atom. The van der Waals surface area contributed by atoms with E-state index in [4.69, 9.17) is 9.47 Å². The van der Waals surface area contributed by atoms with Crippen molar-refractivity contribution < 1.29 is 14.3 Å². The summed E-state index contributed by atoms with van der Waals surface area (Å²) >= 11 is 0. The number of benzene rings is 1. The fourth-order valence-corrected chi connectivity index (χ4v) is 4.72. The highest BCUT2D eigenvalue weighted by Gasteiger charge is 2.70. The number of nitrogens with zero attached hydrogens (tertiary/aromatic N) is 1. The van der Waals surface area contributed by atoms with Gasteiger partial charge >= 0.3 is 5.97 Å². The van der Waals surface area contributed by atoms with E-state index in [1.54, 1.807) is 13.2 Å². The van der Waals surface area contributed by atoms with Crippen molar-refractivity contribution in [3.05, 3.63) is 42.1 Å². The highest BCUT2D eigenvalue weighted by molar-refractivity contribution is 5.91. The molecule has 3 unspecified atom stereocenters. The molecule has 1 saturated carbocycles. The third-order valence-electron chi connectivity index (χ3n) is 5.98. The van der Waals surface area contributed by atoms with Crippen LogP contribution in [0.1, 0.15) is 36.1 Å². The van der Waals surface area contributed by atoms with E-state index in [9.17, 15) is 4.79 Å². The lowest BCUT2D eigenvalue weighted by Crippen LogP contribution is -2.57. The van der Waals surface area contributed by atoms with Crippen LogP contribution in [0.4, 0.5) is 0 Å². The zero-order valence-corrected chi connectivity index (χ0v) is 14.9. The van der Waals surface area contributed by atoms with Crippen LogP contribution < -0.4 is 4.74 Å². The Hall–Kier alpha value is -1.98. The smallest absolute Gasteiger partial charge is 0.329 e. The Balaban J connectivity index is 0.00000157. The van der Waals surface area contributed by atoms with Gasteiger partial charge in [0.1, 0.15) is 18.4 Å². The second kappa shape index (κ2) is 5.51. The van der Waals surface area contributed by atoms with Gasteiger partial charge in [-0.15, -0.1) is 12.4 Å². The van der Waals surface area contributed by atoms with Crippen LogP contribution in [0.3, 0.4) is 0 Å². The first kappa shape index (κ1) is 16.5. The van der Waals surface area contributed by atoms with Gasteiger partial charge in [0.15, 0.2) is 0 Å². The van der Waals surface area contributed by atoms with Crippen molar-refractivity contribution in [3.63, 3.8) is 0 Å². The maximum absolute atomic E-state index is 12.7. The number of hydrogen-bond acceptors (Lipinski definition) is 4. The zero-order valence-electron chi connectivity index (χ0n) is 14.1. The molecule has 1 spiro atoms. The van der Waals surface area contributed by atoms with E-state index in [0.29, 0.717) is 5.92 Å². The number of aromatic amines is 1. The van der Waals surface area contributed by atoms with Gasteiger partial charge in [0.05, 0.1) is 7.11 Å². The molecule has 1 saturated heterocycles. The molecule has 3 aliphatic rings. The monoisotopic (exact) mass is 360 g/mol. The topological polar surface area (TPSA) is 54.6 Å². The number of fused-ring (bicyclic) bond motifs is 4. The number of carbonyl (C=O) groups is 1. The maximum atomic E-state index is 12.7. The number of halogens is 1. The predicted molar refractivity (Wildman–Crippen MR) is 97.4 cm³/mol. The van der Waals surface area contributed by atoms with Gasteiger partial charge in [-0.1, -0.05) is 12.7 Å². The van der Waals surface area contributed by atoms with Crippen LogP contribution >= 0.6 is 12.4 Å². The third kappa shape index (κ3) is 2.02. The highest BCUT2D eigenvalue weighted by atomic mass is 35.5. The van der Waals surface area contributed by atoms with Gasteiger partial charge in [-0.05, 0) is 36.6 Å². The molecule has 3 atom stereocenters. The van der Waals surface area contributed by atoms with Gasteiger partial charge in [-0.25, -0.2) is 4.79 Å². The molecular weight excluding hydrogens is 340 g/mol. The van der Waals surface area contributed by atoms with Crippen molar-refractivity contribution >= 4 is 29.3 Å². The summed E-state index contributed by atoms with van der Waals surface area (Å²) in [5.41, 5.74) is 3.54. The summed E-state index contributed by atoms with van der Waals surface area (Å²) in [5.74, 6) is 1.19. The highest BCUT2D eigenvalue weighted by Crippen LogP contribution is 2.69. The molecule has 0 bridgehead atoms. The van der Waals surface area contributed by atoms with Crippen molar-refractivity contribution in [2.75, 3.05) is 20.3 Å². The number of esters is 1. The molecule has 3 heterocycles. The average molecular weight is 361 g/mol. The first-order valence-corrected chi connectivity index (χ1v) is 8.43. The summed E-state index contributed by atoms with van der Waals surface area (Å²) in [6.45, 7) is 4.85. The second-order valence-corrected chi connectivity index (χ2v) is 6.99. The van der Waals surface area contributed by atoms with Crippen molar-refractivity contribution in [2.24, 2.45) is 0 Å². The summed E-state index contributed by atoms with van der Waals surface area (Å²) in [6, 6.07) is 5.74. The molecule has 1 aliphatic carbocycles. The van der Waals surface area contributed by atoms with Crippen LogP contribution in [0.25, 0.3) is 10.9 Å². The first-order chi connectivity index (χ1) is 11.7. The molecule has 0 radical (unpaired) electrons. The van der Waals surface area contributed by atoms with E-state index in [1.165, 1.54) is 17.4 Å². The molecule has 1 aromatic carbocycles. The molecule has 2 aliphatic heterocycles. The van der Waals surface area contributed by atoms with E-state index >= 15 is 0 Å². The second-order valence-electron chi connectivity index (χ2n) is 6.99. The molecule has 2 aromatic rings. The molecule has 5 rings (SSSR count). The molecule has 132 valence electrons. The summed E-state index contributed by atoms with van der Waals surface area (Å²) in [7, 11) is 1.68. The number of ether oxygens (including phenoxy) is 2. The lowest BCUT2D eigenvalue weighted by Gasteiger charge is -2.49. The van der Waals surface area contributed by atoms with E-state index in [0.717, 1.165) is 29.9 Å². The van der Waals surface area contributed by atoms with E-state index in [1.807, 2.05) is 12.1 Å². The zero-order chi connectivity index (χ0) is 16.5. The van der Waals surface area contributed by atoms with Crippen molar-refractivity contribution in [1.82, 2.24) is 9.88 Å². The van der Waals surface area contributed by atoms with Gasteiger partial charge in [-0.3, -0.25) is 4.90 Å². The SMILES string of the molecule is C=CCOC(=O)C1c2[nH]c3ccc(OC)cc3c2C2CC23CCN13.Cl. The van der Waals surface area contributed by atoms with Crippen molar-refractivity contribution in [1.29, 1.82) is 0 Å². The molecule has 6 heteroatoms. The molecule has 1 N–H and O–H groups in total. The van der Waals surface area contributed by atoms with Crippen LogP contribution in [0.15, 0.2) is 30.9 Å². The van der Waals surface area contributed by atoms with Crippen LogP contribution in [0.2, 0.25) is 0 Å². The normalized spacial score (nSPS) is 28.7. The predicted octanol–water partition coefficient (Wildman–Crippen LogP) is 3.31. The third-order valence-corrected chi connectivity index (χ3v) is 5.98. The number of nitrogens with one attached hydrogen (secondary N) is 1. The van der Waals surface area contributed by atoms with Gasteiger partial charge in [0, 0.05) is 34.6 Å². The number of aromatic nitrogens is 1. The van der Waals surface area contributed by atoms with Crippen LogP contribution in [-0.2, 0) is 9.53 Å². The number of carbonyl (C=O) groups excluding carboxylic acids is 1. The minimum Gasteiger partial charge on any atom is -0.497 e.